The molecule has 202 valence electrons. The summed E-state index contributed by atoms with van der Waals surface area (Å²) >= 11 is 0. The lowest BCUT2D eigenvalue weighted by Gasteiger charge is -2.09. The largest absolute Gasteiger partial charge is 0.389 e. The number of rotatable bonds is 28. The smallest absolute Gasteiger partial charge is 0.0143 e. The SMILES string of the molecule is CCCCCCCC/C=C\CCCCCCCCNC(=CCCCCCCCCCCC)CC. The average Bonchev–Trinajstić information content (AvgIpc) is 2.85. The molecule has 0 aromatic heterocycles. The number of hydrogen-bond acceptors (Lipinski definition) is 1. The molecule has 0 aliphatic rings. The van der Waals surface area contributed by atoms with Crippen molar-refractivity contribution in [1.82, 2.24) is 5.32 Å². The Morgan fingerprint density at radius 2 is 0.824 bits per heavy atom. The normalized spacial score (nSPS) is 12.1. The van der Waals surface area contributed by atoms with Crippen molar-refractivity contribution >= 4 is 0 Å². The fourth-order valence-electron chi connectivity index (χ4n) is 4.69. The minimum atomic E-state index is 1.16. The second-order valence-electron chi connectivity index (χ2n) is 10.6. The molecule has 1 heteroatoms. The lowest BCUT2D eigenvalue weighted by atomic mass is 10.1. The first kappa shape index (κ1) is 33.3. The van der Waals surface area contributed by atoms with Crippen LogP contribution >= 0.6 is 0 Å². The van der Waals surface area contributed by atoms with Crippen LogP contribution in [-0.2, 0) is 0 Å². The Balaban J connectivity index is 3.38. The maximum absolute atomic E-state index is 3.70. The van der Waals surface area contributed by atoms with Gasteiger partial charge in [0.15, 0.2) is 0 Å². The maximum Gasteiger partial charge on any atom is 0.0143 e. The molecule has 0 atom stereocenters. The molecule has 0 aliphatic carbocycles. The Hall–Kier alpha value is -0.720. The molecule has 0 heterocycles. The summed E-state index contributed by atoms with van der Waals surface area (Å²) in [6.07, 6.45) is 41.9. The van der Waals surface area contributed by atoms with Gasteiger partial charge in [0.05, 0.1) is 0 Å². The van der Waals surface area contributed by atoms with Crippen LogP contribution in [0.4, 0.5) is 0 Å². The Labute approximate surface area is 217 Å². The summed E-state index contributed by atoms with van der Waals surface area (Å²) in [7, 11) is 0. The zero-order valence-electron chi connectivity index (χ0n) is 24.1. The summed E-state index contributed by atoms with van der Waals surface area (Å²) < 4.78 is 0. The van der Waals surface area contributed by atoms with Crippen LogP contribution in [0.15, 0.2) is 23.9 Å². The van der Waals surface area contributed by atoms with Crippen LogP contribution in [0.2, 0.25) is 0 Å². The molecule has 0 unspecified atom stereocenters. The minimum absolute atomic E-state index is 1.16. The molecule has 1 nitrogen and oxygen atoms in total. The van der Waals surface area contributed by atoms with Crippen molar-refractivity contribution in [3.05, 3.63) is 23.9 Å². The topological polar surface area (TPSA) is 12.0 Å². The maximum atomic E-state index is 3.70. The summed E-state index contributed by atoms with van der Waals surface area (Å²) in [6.45, 7) is 8.04. The molecule has 0 fully saturated rings. The van der Waals surface area contributed by atoms with Gasteiger partial charge in [-0.2, -0.15) is 0 Å². The van der Waals surface area contributed by atoms with Gasteiger partial charge in [0.25, 0.3) is 0 Å². The first-order chi connectivity index (χ1) is 16.8. The van der Waals surface area contributed by atoms with Gasteiger partial charge in [0, 0.05) is 12.2 Å². The summed E-state index contributed by atoms with van der Waals surface area (Å²) in [4.78, 5) is 0. The zero-order valence-corrected chi connectivity index (χ0v) is 24.1. The van der Waals surface area contributed by atoms with Crippen molar-refractivity contribution in [3.8, 4) is 0 Å². The van der Waals surface area contributed by atoms with Crippen molar-refractivity contribution in [3.63, 3.8) is 0 Å². The standard InChI is InChI=1S/C33H65N/c1-4-7-9-11-13-15-17-18-19-20-21-22-24-26-28-30-32-34-33(6-3)31-29-27-25-23-16-14-12-10-8-5-2/h18-19,31,34H,4-17,20-30,32H2,1-3H3/b19-18-,33-31?. The molecule has 34 heavy (non-hydrogen) atoms. The van der Waals surface area contributed by atoms with E-state index in [0.29, 0.717) is 0 Å². The molecule has 0 aromatic rings. The summed E-state index contributed by atoms with van der Waals surface area (Å²) in [5.41, 5.74) is 1.48. The highest BCUT2D eigenvalue weighted by molar-refractivity contribution is 4.98. The molecule has 0 bridgehead atoms. The molecule has 0 saturated carbocycles. The summed E-state index contributed by atoms with van der Waals surface area (Å²) in [5.74, 6) is 0. The van der Waals surface area contributed by atoms with E-state index >= 15 is 0 Å². The number of allylic oxidation sites excluding steroid dienone is 4. The van der Waals surface area contributed by atoms with Crippen molar-refractivity contribution in [1.29, 1.82) is 0 Å². The monoisotopic (exact) mass is 476 g/mol. The van der Waals surface area contributed by atoms with Crippen LogP contribution in [-0.4, -0.2) is 6.54 Å². The van der Waals surface area contributed by atoms with Gasteiger partial charge in [-0.15, -0.1) is 0 Å². The Kier molecular flexibility index (Phi) is 29.7. The Morgan fingerprint density at radius 1 is 0.441 bits per heavy atom. The van der Waals surface area contributed by atoms with Crippen LogP contribution < -0.4 is 5.32 Å². The molecule has 0 spiro atoms. The van der Waals surface area contributed by atoms with Gasteiger partial charge in [0.2, 0.25) is 0 Å². The molecule has 0 aliphatic heterocycles. The van der Waals surface area contributed by atoms with Crippen molar-refractivity contribution in [2.75, 3.05) is 6.54 Å². The highest BCUT2D eigenvalue weighted by Crippen LogP contribution is 2.12. The highest BCUT2D eigenvalue weighted by atomic mass is 14.9. The molecular formula is C33H65N. The Morgan fingerprint density at radius 3 is 1.26 bits per heavy atom. The lowest BCUT2D eigenvalue weighted by Crippen LogP contribution is -2.14. The first-order valence-electron chi connectivity index (χ1n) is 15.9. The fraction of sp³-hybridized carbons (Fsp3) is 0.879. The van der Waals surface area contributed by atoms with Crippen LogP contribution in [0.3, 0.4) is 0 Å². The molecule has 0 rings (SSSR count). The van der Waals surface area contributed by atoms with Gasteiger partial charge in [0.1, 0.15) is 0 Å². The molecule has 0 radical (unpaired) electrons. The van der Waals surface area contributed by atoms with Crippen LogP contribution in [0.5, 0.6) is 0 Å². The van der Waals surface area contributed by atoms with E-state index in [9.17, 15) is 0 Å². The van der Waals surface area contributed by atoms with E-state index in [2.05, 4.69) is 44.3 Å². The highest BCUT2D eigenvalue weighted by Gasteiger charge is 1.96. The lowest BCUT2D eigenvalue weighted by molar-refractivity contribution is 0.564. The van der Waals surface area contributed by atoms with E-state index in [1.54, 1.807) is 0 Å². The fourth-order valence-corrected chi connectivity index (χ4v) is 4.69. The third-order valence-electron chi connectivity index (χ3n) is 7.12. The molecule has 0 amide bonds. The van der Waals surface area contributed by atoms with Crippen LogP contribution in [0.1, 0.15) is 181 Å². The number of hydrogen-bond donors (Lipinski definition) is 1. The molecule has 0 aromatic carbocycles. The van der Waals surface area contributed by atoms with Crippen molar-refractivity contribution in [2.24, 2.45) is 0 Å². The second-order valence-corrected chi connectivity index (χ2v) is 10.6. The van der Waals surface area contributed by atoms with Crippen molar-refractivity contribution < 1.29 is 0 Å². The molecule has 0 saturated heterocycles. The van der Waals surface area contributed by atoms with Crippen LogP contribution in [0, 0.1) is 0 Å². The van der Waals surface area contributed by atoms with Crippen molar-refractivity contribution in [2.45, 2.75) is 181 Å². The number of nitrogens with one attached hydrogen (secondary N) is 1. The average molecular weight is 476 g/mol. The predicted molar refractivity (Wildman–Crippen MR) is 158 cm³/mol. The van der Waals surface area contributed by atoms with E-state index in [1.165, 1.54) is 166 Å². The molecule has 1 N–H and O–H groups in total. The third kappa shape index (κ3) is 27.5. The Bertz CT molecular complexity index is 422. The van der Waals surface area contributed by atoms with Gasteiger partial charge in [-0.3, -0.25) is 0 Å². The van der Waals surface area contributed by atoms with E-state index < -0.39 is 0 Å². The van der Waals surface area contributed by atoms with Gasteiger partial charge in [-0.1, -0.05) is 148 Å². The van der Waals surface area contributed by atoms with Crippen LogP contribution in [0.25, 0.3) is 0 Å². The number of unbranched alkanes of at least 4 members (excludes halogenated alkanes) is 21. The van der Waals surface area contributed by atoms with Gasteiger partial charge >= 0.3 is 0 Å². The first-order valence-corrected chi connectivity index (χ1v) is 15.9. The quantitative estimate of drug-likeness (QED) is 0.0876. The van der Waals surface area contributed by atoms with Gasteiger partial charge < -0.3 is 5.32 Å². The third-order valence-corrected chi connectivity index (χ3v) is 7.12. The summed E-state index contributed by atoms with van der Waals surface area (Å²) in [5, 5.41) is 3.70. The van der Waals surface area contributed by atoms with Gasteiger partial charge in [-0.05, 0) is 51.4 Å². The van der Waals surface area contributed by atoms with Gasteiger partial charge in [-0.25, -0.2) is 0 Å². The zero-order chi connectivity index (χ0) is 24.8. The summed E-state index contributed by atoms with van der Waals surface area (Å²) in [6, 6.07) is 0. The van der Waals surface area contributed by atoms with E-state index in [4.69, 9.17) is 0 Å². The van der Waals surface area contributed by atoms with E-state index in [1.807, 2.05) is 0 Å². The minimum Gasteiger partial charge on any atom is -0.389 e. The molecular weight excluding hydrogens is 410 g/mol. The van der Waals surface area contributed by atoms with E-state index in [-0.39, 0.29) is 0 Å². The predicted octanol–water partition coefficient (Wildman–Crippen LogP) is 11.8. The second kappa shape index (κ2) is 30.3. The van der Waals surface area contributed by atoms with E-state index in [0.717, 1.165) is 6.42 Å².